The first kappa shape index (κ1) is 18.8. The number of rotatable bonds is 1. The van der Waals surface area contributed by atoms with Crippen molar-refractivity contribution in [2.45, 2.75) is 38.4 Å². The standard InChI is InChI=1S/C19H23NO5/c1-18(2,3)25-17(22)20-12-11-19(23,13-20)10-9-14-5-7-15(8-6-14)16(21)24-4/h5-8,23H,11-13H2,1-4H3. The van der Waals surface area contributed by atoms with Crippen LogP contribution in [0.4, 0.5) is 4.79 Å². The molecule has 134 valence electrons. The third kappa shape index (κ3) is 5.23. The van der Waals surface area contributed by atoms with Crippen molar-refractivity contribution in [1.29, 1.82) is 0 Å². The number of amides is 1. The predicted molar refractivity (Wildman–Crippen MR) is 92.0 cm³/mol. The monoisotopic (exact) mass is 345 g/mol. The molecule has 1 N–H and O–H groups in total. The molecule has 1 aromatic carbocycles. The third-order valence-electron chi connectivity index (χ3n) is 3.64. The topological polar surface area (TPSA) is 76.1 Å². The van der Waals surface area contributed by atoms with E-state index in [9.17, 15) is 14.7 Å². The molecular weight excluding hydrogens is 322 g/mol. The van der Waals surface area contributed by atoms with Gasteiger partial charge in [0.15, 0.2) is 0 Å². The number of ether oxygens (including phenoxy) is 2. The number of hydrogen-bond donors (Lipinski definition) is 1. The summed E-state index contributed by atoms with van der Waals surface area (Å²) >= 11 is 0. The van der Waals surface area contributed by atoms with E-state index in [1.54, 1.807) is 45.0 Å². The Hall–Kier alpha value is -2.52. The number of β-amino-alcohol motifs (C(OH)–C–C–N with tert-alkyl or cyclic N) is 1. The summed E-state index contributed by atoms with van der Waals surface area (Å²) in [6.07, 6.45) is -0.0906. The number of nitrogens with zero attached hydrogens (tertiary/aromatic N) is 1. The summed E-state index contributed by atoms with van der Waals surface area (Å²) < 4.78 is 9.95. The number of methoxy groups -OCH3 is 1. The minimum Gasteiger partial charge on any atom is -0.465 e. The molecular formula is C19H23NO5. The molecule has 1 aromatic rings. The Labute approximate surface area is 147 Å². The Morgan fingerprint density at radius 3 is 2.44 bits per heavy atom. The van der Waals surface area contributed by atoms with Gasteiger partial charge in [-0.2, -0.15) is 0 Å². The number of aliphatic hydroxyl groups is 1. The molecule has 0 bridgehead atoms. The van der Waals surface area contributed by atoms with Crippen molar-refractivity contribution in [3.05, 3.63) is 35.4 Å². The van der Waals surface area contributed by atoms with E-state index in [4.69, 9.17) is 4.74 Å². The summed E-state index contributed by atoms with van der Waals surface area (Å²) in [4.78, 5) is 24.9. The maximum Gasteiger partial charge on any atom is 0.410 e. The highest BCUT2D eigenvalue weighted by molar-refractivity contribution is 5.89. The Kier molecular flexibility index (Phi) is 5.39. The highest BCUT2D eigenvalue weighted by Gasteiger charge is 2.38. The molecule has 2 rings (SSSR count). The summed E-state index contributed by atoms with van der Waals surface area (Å²) in [5.74, 6) is 5.30. The number of carbonyl (C=O) groups is 2. The molecule has 0 spiro atoms. The number of benzene rings is 1. The van der Waals surface area contributed by atoms with E-state index in [0.29, 0.717) is 24.1 Å². The van der Waals surface area contributed by atoms with Gasteiger partial charge in [0.25, 0.3) is 0 Å². The SMILES string of the molecule is COC(=O)c1ccc(C#CC2(O)CCN(C(=O)OC(C)(C)C)C2)cc1. The Balaban J connectivity index is 2.03. The van der Waals surface area contributed by atoms with Crippen molar-refractivity contribution in [2.24, 2.45) is 0 Å². The minimum absolute atomic E-state index is 0.106. The zero-order valence-corrected chi connectivity index (χ0v) is 15.0. The smallest absolute Gasteiger partial charge is 0.410 e. The fourth-order valence-electron chi connectivity index (χ4n) is 2.37. The lowest BCUT2D eigenvalue weighted by Gasteiger charge is -2.24. The van der Waals surface area contributed by atoms with Crippen molar-refractivity contribution >= 4 is 12.1 Å². The van der Waals surface area contributed by atoms with E-state index in [2.05, 4.69) is 16.6 Å². The molecule has 1 atom stereocenters. The van der Waals surface area contributed by atoms with Gasteiger partial charge in [-0.05, 0) is 45.0 Å². The van der Waals surface area contributed by atoms with Gasteiger partial charge in [-0.1, -0.05) is 11.8 Å². The molecule has 1 heterocycles. The van der Waals surface area contributed by atoms with Gasteiger partial charge >= 0.3 is 12.1 Å². The summed E-state index contributed by atoms with van der Waals surface area (Å²) in [6, 6.07) is 6.59. The number of likely N-dealkylation sites (tertiary alicyclic amines) is 1. The highest BCUT2D eigenvalue weighted by atomic mass is 16.6. The Bertz CT molecular complexity index is 708. The Morgan fingerprint density at radius 2 is 1.88 bits per heavy atom. The van der Waals surface area contributed by atoms with Crippen LogP contribution in [-0.2, 0) is 9.47 Å². The second-order valence-electron chi connectivity index (χ2n) is 7.00. The van der Waals surface area contributed by atoms with E-state index < -0.39 is 23.3 Å². The molecule has 25 heavy (non-hydrogen) atoms. The molecule has 1 saturated heterocycles. The van der Waals surface area contributed by atoms with Crippen LogP contribution in [0.1, 0.15) is 43.1 Å². The largest absolute Gasteiger partial charge is 0.465 e. The van der Waals surface area contributed by atoms with Crippen LogP contribution in [-0.4, -0.2) is 53.5 Å². The molecule has 0 aromatic heterocycles. The first-order valence-electron chi connectivity index (χ1n) is 8.04. The molecule has 1 aliphatic heterocycles. The number of esters is 1. The van der Waals surface area contributed by atoms with Gasteiger partial charge in [-0.15, -0.1) is 0 Å². The second-order valence-corrected chi connectivity index (χ2v) is 7.00. The van der Waals surface area contributed by atoms with Gasteiger partial charge in [0, 0.05) is 18.5 Å². The van der Waals surface area contributed by atoms with E-state index in [1.807, 2.05) is 0 Å². The summed E-state index contributed by atoms with van der Waals surface area (Å²) in [6.45, 7) is 5.89. The predicted octanol–water partition coefficient (Wildman–Crippen LogP) is 2.20. The number of carbonyl (C=O) groups excluding carboxylic acids is 2. The van der Waals surface area contributed by atoms with E-state index in [0.717, 1.165) is 0 Å². The molecule has 0 saturated carbocycles. The van der Waals surface area contributed by atoms with Crippen LogP contribution in [0, 0.1) is 11.8 Å². The molecule has 1 amide bonds. The number of hydrogen-bond acceptors (Lipinski definition) is 5. The highest BCUT2D eigenvalue weighted by Crippen LogP contribution is 2.23. The summed E-state index contributed by atoms with van der Waals surface area (Å²) in [7, 11) is 1.32. The van der Waals surface area contributed by atoms with E-state index in [1.165, 1.54) is 12.0 Å². The minimum atomic E-state index is -1.27. The van der Waals surface area contributed by atoms with Crippen molar-refractivity contribution in [3.8, 4) is 11.8 Å². The van der Waals surface area contributed by atoms with Crippen LogP contribution >= 0.6 is 0 Å². The Morgan fingerprint density at radius 1 is 1.24 bits per heavy atom. The molecule has 1 unspecified atom stereocenters. The molecule has 6 nitrogen and oxygen atoms in total. The van der Waals surface area contributed by atoms with Gasteiger partial charge < -0.3 is 19.5 Å². The molecule has 0 radical (unpaired) electrons. The maximum absolute atomic E-state index is 12.1. The normalized spacial score (nSPS) is 19.8. The summed E-state index contributed by atoms with van der Waals surface area (Å²) in [5.41, 5.74) is -0.747. The average molecular weight is 345 g/mol. The molecule has 1 fully saturated rings. The van der Waals surface area contributed by atoms with Crippen molar-refractivity contribution < 1.29 is 24.2 Å². The first-order valence-corrected chi connectivity index (χ1v) is 8.04. The maximum atomic E-state index is 12.1. The van der Waals surface area contributed by atoms with Gasteiger partial charge in [0.2, 0.25) is 0 Å². The fourth-order valence-corrected chi connectivity index (χ4v) is 2.37. The van der Waals surface area contributed by atoms with Crippen LogP contribution < -0.4 is 0 Å². The van der Waals surface area contributed by atoms with Crippen LogP contribution in [0.3, 0.4) is 0 Å². The summed E-state index contributed by atoms with van der Waals surface area (Å²) in [5, 5.41) is 10.6. The molecule has 0 aliphatic carbocycles. The average Bonchev–Trinajstić information content (AvgIpc) is 2.94. The van der Waals surface area contributed by atoms with E-state index in [-0.39, 0.29) is 6.54 Å². The lowest BCUT2D eigenvalue weighted by atomic mass is 10.0. The second kappa shape index (κ2) is 7.16. The van der Waals surface area contributed by atoms with Gasteiger partial charge in [-0.25, -0.2) is 9.59 Å². The third-order valence-corrected chi connectivity index (χ3v) is 3.64. The van der Waals surface area contributed by atoms with Gasteiger partial charge in [0.1, 0.15) is 11.2 Å². The van der Waals surface area contributed by atoms with E-state index >= 15 is 0 Å². The first-order chi connectivity index (χ1) is 11.6. The zero-order chi connectivity index (χ0) is 18.7. The quantitative estimate of drug-likeness (QED) is 0.624. The lowest BCUT2D eigenvalue weighted by molar-refractivity contribution is 0.0238. The van der Waals surface area contributed by atoms with Crippen LogP contribution in [0.25, 0.3) is 0 Å². The van der Waals surface area contributed by atoms with Gasteiger partial charge in [0.05, 0.1) is 19.2 Å². The van der Waals surface area contributed by atoms with Crippen LogP contribution in [0.5, 0.6) is 0 Å². The molecule has 1 aliphatic rings. The van der Waals surface area contributed by atoms with Crippen molar-refractivity contribution in [1.82, 2.24) is 4.90 Å². The van der Waals surface area contributed by atoms with Crippen molar-refractivity contribution in [2.75, 3.05) is 20.2 Å². The zero-order valence-electron chi connectivity index (χ0n) is 15.0. The lowest BCUT2D eigenvalue weighted by Crippen LogP contribution is -2.38. The molecule has 6 heteroatoms. The van der Waals surface area contributed by atoms with Crippen molar-refractivity contribution in [3.63, 3.8) is 0 Å². The van der Waals surface area contributed by atoms with Crippen LogP contribution in [0.15, 0.2) is 24.3 Å². The van der Waals surface area contributed by atoms with Crippen LogP contribution in [0.2, 0.25) is 0 Å². The fraction of sp³-hybridized carbons (Fsp3) is 0.474. The van der Waals surface area contributed by atoms with Gasteiger partial charge in [-0.3, -0.25) is 0 Å².